The minimum atomic E-state index is 0.00492. The lowest BCUT2D eigenvalue weighted by Gasteiger charge is -2.09. The van der Waals surface area contributed by atoms with Crippen LogP contribution in [0.5, 0.6) is 0 Å². The fraction of sp³-hybridized carbons (Fsp3) is 0.0714. The van der Waals surface area contributed by atoms with Crippen molar-refractivity contribution in [2.24, 2.45) is 10.9 Å². The highest BCUT2D eigenvalue weighted by molar-refractivity contribution is 7.16. The molecule has 0 saturated heterocycles. The molecule has 0 atom stereocenters. The highest BCUT2D eigenvalue weighted by Crippen LogP contribution is 2.22. The zero-order chi connectivity index (χ0) is 14.7. The van der Waals surface area contributed by atoms with Crippen molar-refractivity contribution in [2.45, 2.75) is 6.54 Å². The number of fused-ring (bicyclic) bond motifs is 1. The standard InChI is InChI=1S/C14H13N5OS/c15-14(19-20)13-9(2-1-5-16-13)7-17-10-3-4-11-12(6-10)21-8-18-11/h1-6,8,17,20H,7H2,(H2,15,19). The summed E-state index contributed by atoms with van der Waals surface area (Å²) in [4.78, 5) is 8.39. The van der Waals surface area contributed by atoms with Crippen molar-refractivity contribution >= 4 is 33.1 Å². The van der Waals surface area contributed by atoms with Crippen molar-refractivity contribution < 1.29 is 5.21 Å². The van der Waals surface area contributed by atoms with Crippen LogP contribution < -0.4 is 11.1 Å². The molecule has 6 nitrogen and oxygen atoms in total. The maximum absolute atomic E-state index is 8.79. The molecule has 1 aromatic carbocycles. The van der Waals surface area contributed by atoms with Crippen LogP contribution in [0.25, 0.3) is 10.2 Å². The number of nitrogens with two attached hydrogens (primary N) is 1. The molecule has 0 aliphatic heterocycles. The van der Waals surface area contributed by atoms with Gasteiger partial charge in [0.25, 0.3) is 0 Å². The molecule has 0 unspecified atom stereocenters. The zero-order valence-electron chi connectivity index (χ0n) is 11.0. The SMILES string of the molecule is N/C(=N/O)c1ncccc1CNc1ccc2ncsc2c1. The van der Waals surface area contributed by atoms with E-state index in [0.717, 1.165) is 21.5 Å². The summed E-state index contributed by atoms with van der Waals surface area (Å²) in [7, 11) is 0. The Labute approximate surface area is 125 Å². The maximum atomic E-state index is 8.79. The van der Waals surface area contributed by atoms with E-state index in [9.17, 15) is 0 Å². The Hall–Kier alpha value is -2.67. The first-order valence-corrected chi connectivity index (χ1v) is 7.15. The topological polar surface area (TPSA) is 96.4 Å². The molecule has 2 aromatic heterocycles. The zero-order valence-corrected chi connectivity index (χ0v) is 11.8. The molecule has 106 valence electrons. The number of nitrogens with one attached hydrogen (secondary N) is 1. The van der Waals surface area contributed by atoms with E-state index in [0.29, 0.717) is 12.2 Å². The average molecular weight is 299 g/mol. The van der Waals surface area contributed by atoms with Gasteiger partial charge in [0, 0.05) is 24.0 Å². The van der Waals surface area contributed by atoms with Crippen molar-refractivity contribution in [1.82, 2.24) is 9.97 Å². The van der Waals surface area contributed by atoms with Gasteiger partial charge in [-0.05, 0) is 24.3 Å². The molecule has 0 spiro atoms. The van der Waals surface area contributed by atoms with Crippen molar-refractivity contribution in [1.29, 1.82) is 0 Å². The highest BCUT2D eigenvalue weighted by atomic mass is 32.1. The number of thiazole rings is 1. The quantitative estimate of drug-likeness (QED) is 0.297. The molecule has 3 rings (SSSR count). The van der Waals surface area contributed by atoms with E-state index in [4.69, 9.17) is 10.9 Å². The third kappa shape index (κ3) is 2.77. The molecule has 0 aliphatic rings. The summed E-state index contributed by atoms with van der Waals surface area (Å²) in [6.45, 7) is 0.531. The van der Waals surface area contributed by atoms with Crippen LogP contribution in [0.4, 0.5) is 5.69 Å². The molecule has 21 heavy (non-hydrogen) atoms. The maximum Gasteiger partial charge on any atom is 0.189 e. The predicted octanol–water partition coefficient (Wildman–Crippen LogP) is 2.40. The van der Waals surface area contributed by atoms with E-state index in [1.165, 1.54) is 0 Å². The summed E-state index contributed by atoms with van der Waals surface area (Å²) in [5.41, 5.74) is 10.8. The monoisotopic (exact) mass is 299 g/mol. The summed E-state index contributed by atoms with van der Waals surface area (Å²) >= 11 is 1.60. The average Bonchev–Trinajstić information content (AvgIpc) is 3.00. The molecular formula is C14H13N5OS. The van der Waals surface area contributed by atoms with Crippen LogP contribution >= 0.6 is 11.3 Å². The molecule has 0 amide bonds. The number of aromatic nitrogens is 2. The lowest BCUT2D eigenvalue weighted by Crippen LogP contribution is -2.18. The van der Waals surface area contributed by atoms with Crippen LogP contribution in [0, 0.1) is 0 Å². The lowest BCUT2D eigenvalue weighted by molar-refractivity contribution is 0.318. The van der Waals surface area contributed by atoms with Gasteiger partial charge in [0.15, 0.2) is 5.84 Å². The first kappa shape index (κ1) is 13.3. The molecule has 0 bridgehead atoms. The number of oxime groups is 1. The number of amidine groups is 1. The van der Waals surface area contributed by atoms with E-state index >= 15 is 0 Å². The van der Waals surface area contributed by atoms with Gasteiger partial charge in [0.05, 0.1) is 15.7 Å². The predicted molar refractivity (Wildman–Crippen MR) is 83.7 cm³/mol. The first-order valence-electron chi connectivity index (χ1n) is 6.27. The number of benzene rings is 1. The van der Waals surface area contributed by atoms with Crippen molar-refractivity contribution in [3.8, 4) is 0 Å². The Balaban J connectivity index is 1.81. The molecule has 7 heteroatoms. The van der Waals surface area contributed by atoms with Crippen LogP contribution in [0.3, 0.4) is 0 Å². The summed E-state index contributed by atoms with van der Waals surface area (Å²) in [5, 5.41) is 15.1. The Morgan fingerprint density at radius 3 is 3.10 bits per heavy atom. The lowest BCUT2D eigenvalue weighted by atomic mass is 10.1. The van der Waals surface area contributed by atoms with Gasteiger partial charge in [-0.3, -0.25) is 4.98 Å². The Morgan fingerprint density at radius 2 is 2.24 bits per heavy atom. The molecule has 3 aromatic rings. The molecule has 0 fully saturated rings. The summed E-state index contributed by atoms with van der Waals surface area (Å²) in [6, 6.07) is 9.70. The largest absolute Gasteiger partial charge is 0.409 e. The molecule has 0 radical (unpaired) electrons. The van der Waals surface area contributed by atoms with E-state index in [2.05, 4.69) is 20.4 Å². The molecule has 4 N–H and O–H groups in total. The molecule has 0 saturated carbocycles. The summed E-state index contributed by atoms with van der Waals surface area (Å²) in [5.74, 6) is 0.00492. The van der Waals surface area contributed by atoms with Crippen molar-refractivity contribution in [3.05, 3.63) is 53.3 Å². The van der Waals surface area contributed by atoms with Gasteiger partial charge in [-0.1, -0.05) is 11.2 Å². The minimum Gasteiger partial charge on any atom is -0.409 e. The number of hydrogen-bond donors (Lipinski definition) is 3. The van der Waals surface area contributed by atoms with Gasteiger partial charge in [0.1, 0.15) is 5.69 Å². The Morgan fingerprint density at radius 1 is 1.33 bits per heavy atom. The van der Waals surface area contributed by atoms with E-state index in [-0.39, 0.29) is 5.84 Å². The molecular weight excluding hydrogens is 286 g/mol. The number of pyridine rings is 1. The van der Waals surface area contributed by atoms with Crippen LogP contribution in [-0.2, 0) is 6.54 Å². The van der Waals surface area contributed by atoms with Crippen molar-refractivity contribution in [2.75, 3.05) is 5.32 Å². The second kappa shape index (κ2) is 5.76. The Bertz CT molecular complexity index is 799. The first-order chi connectivity index (χ1) is 10.3. The number of anilines is 1. The van der Waals surface area contributed by atoms with Gasteiger partial charge in [-0.15, -0.1) is 11.3 Å². The van der Waals surface area contributed by atoms with E-state index < -0.39 is 0 Å². The van der Waals surface area contributed by atoms with Gasteiger partial charge in [0.2, 0.25) is 0 Å². The van der Waals surface area contributed by atoms with E-state index in [1.807, 2.05) is 35.8 Å². The molecule has 0 aliphatic carbocycles. The summed E-state index contributed by atoms with van der Waals surface area (Å²) < 4.78 is 1.13. The van der Waals surface area contributed by atoms with Gasteiger partial charge in [-0.2, -0.15) is 0 Å². The summed E-state index contributed by atoms with van der Waals surface area (Å²) in [6.07, 6.45) is 1.61. The molecule has 2 heterocycles. The van der Waals surface area contributed by atoms with Gasteiger partial charge >= 0.3 is 0 Å². The fourth-order valence-corrected chi connectivity index (χ4v) is 2.74. The second-order valence-corrected chi connectivity index (χ2v) is 5.27. The fourth-order valence-electron chi connectivity index (χ4n) is 2.02. The van der Waals surface area contributed by atoms with Crippen LogP contribution in [0.15, 0.2) is 47.2 Å². The normalized spacial score (nSPS) is 11.7. The van der Waals surface area contributed by atoms with Gasteiger partial charge < -0.3 is 16.3 Å². The number of rotatable bonds is 4. The van der Waals surface area contributed by atoms with E-state index in [1.54, 1.807) is 17.5 Å². The third-order valence-electron chi connectivity index (χ3n) is 3.06. The second-order valence-electron chi connectivity index (χ2n) is 4.38. The minimum absolute atomic E-state index is 0.00492. The smallest absolute Gasteiger partial charge is 0.189 e. The highest BCUT2D eigenvalue weighted by Gasteiger charge is 2.08. The third-order valence-corrected chi connectivity index (χ3v) is 3.85. The Kier molecular flexibility index (Phi) is 3.65. The number of hydrogen-bond acceptors (Lipinski definition) is 6. The van der Waals surface area contributed by atoms with Crippen LogP contribution in [-0.4, -0.2) is 21.0 Å². The van der Waals surface area contributed by atoms with Crippen molar-refractivity contribution in [3.63, 3.8) is 0 Å². The van der Waals surface area contributed by atoms with Crippen LogP contribution in [0.1, 0.15) is 11.3 Å². The van der Waals surface area contributed by atoms with Crippen LogP contribution in [0.2, 0.25) is 0 Å². The number of nitrogens with zero attached hydrogens (tertiary/aromatic N) is 3. The van der Waals surface area contributed by atoms with Gasteiger partial charge in [-0.25, -0.2) is 4.98 Å².